The zero-order chi connectivity index (χ0) is 15.9. The number of hydrogen-bond donors (Lipinski definition) is 0. The topological polar surface area (TPSA) is 26.0 Å². The lowest BCUT2D eigenvalue weighted by atomic mass is 10.0. The van der Waals surface area contributed by atoms with Gasteiger partial charge in [-0.1, -0.05) is 36.4 Å². The summed E-state index contributed by atoms with van der Waals surface area (Å²) in [5.74, 6) is 0. The summed E-state index contributed by atoms with van der Waals surface area (Å²) >= 11 is 1.64. The van der Waals surface area contributed by atoms with Gasteiger partial charge in [0.05, 0.1) is 5.69 Å². The van der Waals surface area contributed by atoms with Crippen LogP contribution in [0.15, 0.2) is 82.7 Å². The largest absolute Gasteiger partial charge is 0.445 e. The Labute approximate surface area is 143 Å². The van der Waals surface area contributed by atoms with Crippen LogP contribution in [-0.4, -0.2) is 4.98 Å². The van der Waals surface area contributed by atoms with Gasteiger partial charge in [-0.2, -0.15) is 0 Å². The van der Waals surface area contributed by atoms with Gasteiger partial charge in [-0.25, -0.2) is 0 Å². The van der Waals surface area contributed by atoms with E-state index in [1.165, 1.54) is 16.3 Å². The van der Waals surface area contributed by atoms with Gasteiger partial charge in [-0.05, 0) is 46.8 Å². The van der Waals surface area contributed by atoms with Crippen molar-refractivity contribution >= 4 is 32.6 Å². The first kappa shape index (κ1) is 13.5. The first-order valence-corrected chi connectivity index (χ1v) is 8.68. The van der Waals surface area contributed by atoms with Gasteiger partial charge < -0.3 is 4.42 Å². The Hall–Kier alpha value is -2.91. The Kier molecular flexibility index (Phi) is 3.00. The summed E-state index contributed by atoms with van der Waals surface area (Å²) in [5, 5.41) is 4.43. The highest BCUT2D eigenvalue weighted by Crippen LogP contribution is 2.35. The molecular formula is C21H13NOS. The van der Waals surface area contributed by atoms with Crippen molar-refractivity contribution in [3.8, 4) is 22.4 Å². The van der Waals surface area contributed by atoms with E-state index in [1.54, 1.807) is 11.3 Å². The average molecular weight is 327 g/mol. The smallest absolute Gasteiger partial charge is 0.188 e. The fourth-order valence-electron chi connectivity index (χ4n) is 3.06. The summed E-state index contributed by atoms with van der Waals surface area (Å²) < 4.78 is 5.88. The fraction of sp³-hybridized carbons (Fsp3) is 0. The van der Waals surface area contributed by atoms with Crippen LogP contribution in [0.25, 0.3) is 43.6 Å². The van der Waals surface area contributed by atoms with Gasteiger partial charge in [0.2, 0.25) is 0 Å². The molecule has 2 nitrogen and oxygen atoms in total. The van der Waals surface area contributed by atoms with Crippen molar-refractivity contribution in [2.75, 3.05) is 0 Å². The highest BCUT2D eigenvalue weighted by Gasteiger charge is 2.10. The molecule has 0 aliphatic carbocycles. The van der Waals surface area contributed by atoms with Gasteiger partial charge >= 0.3 is 0 Å². The first-order chi connectivity index (χ1) is 11.9. The number of furan rings is 1. The van der Waals surface area contributed by atoms with E-state index >= 15 is 0 Å². The second kappa shape index (κ2) is 5.32. The summed E-state index contributed by atoms with van der Waals surface area (Å²) in [5.41, 5.74) is 5.40. The Bertz CT molecular complexity index is 1150. The van der Waals surface area contributed by atoms with Gasteiger partial charge in [0.1, 0.15) is 5.58 Å². The monoisotopic (exact) mass is 327 g/mol. The molecule has 0 saturated carbocycles. The lowest BCUT2D eigenvalue weighted by molar-refractivity contribution is 0.678. The van der Waals surface area contributed by atoms with E-state index in [0.29, 0.717) is 0 Å². The van der Waals surface area contributed by atoms with Crippen LogP contribution >= 0.6 is 11.3 Å². The molecule has 0 fully saturated rings. The molecule has 0 unspecified atom stereocenters. The van der Waals surface area contributed by atoms with Gasteiger partial charge in [0, 0.05) is 22.5 Å². The SMILES string of the molecule is c1ccc(-c2cc(-c3ccc4oc5sccc5c4c3)ccn2)cc1. The molecule has 0 N–H and O–H groups in total. The predicted molar refractivity (Wildman–Crippen MR) is 100 cm³/mol. The molecule has 0 amide bonds. The summed E-state index contributed by atoms with van der Waals surface area (Å²) in [6.07, 6.45) is 1.87. The predicted octanol–water partition coefficient (Wildman–Crippen LogP) is 6.38. The summed E-state index contributed by atoms with van der Waals surface area (Å²) in [6.45, 7) is 0. The number of hydrogen-bond acceptors (Lipinski definition) is 3. The van der Waals surface area contributed by atoms with Gasteiger partial charge in [0.25, 0.3) is 0 Å². The van der Waals surface area contributed by atoms with Crippen molar-refractivity contribution in [3.63, 3.8) is 0 Å². The normalized spacial score (nSPS) is 11.3. The highest BCUT2D eigenvalue weighted by molar-refractivity contribution is 7.16. The Balaban J connectivity index is 1.66. The van der Waals surface area contributed by atoms with Crippen LogP contribution in [0.3, 0.4) is 0 Å². The first-order valence-electron chi connectivity index (χ1n) is 7.80. The van der Waals surface area contributed by atoms with Crippen LogP contribution in [0.2, 0.25) is 0 Å². The maximum atomic E-state index is 5.88. The molecule has 24 heavy (non-hydrogen) atoms. The van der Waals surface area contributed by atoms with Crippen molar-refractivity contribution in [3.05, 3.63) is 78.3 Å². The van der Waals surface area contributed by atoms with E-state index in [4.69, 9.17) is 4.42 Å². The molecule has 2 aromatic carbocycles. The Morgan fingerprint density at radius 1 is 0.750 bits per heavy atom. The second-order valence-corrected chi connectivity index (χ2v) is 6.61. The van der Waals surface area contributed by atoms with Gasteiger partial charge in [-0.3, -0.25) is 4.98 Å². The molecule has 0 bridgehead atoms. The van der Waals surface area contributed by atoms with E-state index in [0.717, 1.165) is 27.3 Å². The third kappa shape index (κ3) is 2.14. The summed E-state index contributed by atoms with van der Waals surface area (Å²) in [6, 6.07) is 22.9. The molecule has 5 rings (SSSR count). The molecular weight excluding hydrogens is 314 g/mol. The Morgan fingerprint density at radius 3 is 2.54 bits per heavy atom. The molecule has 0 saturated heterocycles. The minimum atomic E-state index is 0.943. The van der Waals surface area contributed by atoms with Crippen molar-refractivity contribution in [2.24, 2.45) is 0 Å². The van der Waals surface area contributed by atoms with Crippen LogP contribution in [0.1, 0.15) is 0 Å². The van der Waals surface area contributed by atoms with Crippen LogP contribution in [0, 0.1) is 0 Å². The number of benzene rings is 2. The Morgan fingerprint density at radius 2 is 1.62 bits per heavy atom. The highest BCUT2D eigenvalue weighted by atomic mass is 32.1. The molecule has 0 aliphatic rings. The fourth-order valence-corrected chi connectivity index (χ4v) is 3.83. The molecule has 0 radical (unpaired) electrons. The van der Waals surface area contributed by atoms with Crippen molar-refractivity contribution in [1.29, 1.82) is 0 Å². The molecule has 0 aliphatic heterocycles. The second-order valence-electron chi connectivity index (χ2n) is 5.73. The molecule has 3 heteroatoms. The molecule has 3 aromatic heterocycles. The van der Waals surface area contributed by atoms with Crippen LogP contribution in [0.4, 0.5) is 0 Å². The van der Waals surface area contributed by atoms with Gasteiger partial charge in [0.15, 0.2) is 4.90 Å². The number of rotatable bonds is 2. The maximum Gasteiger partial charge on any atom is 0.188 e. The van der Waals surface area contributed by atoms with Crippen LogP contribution in [0.5, 0.6) is 0 Å². The van der Waals surface area contributed by atoms with E-state index in [2.05, 4.69) is 58.9 Å². The van der Waals surface area contributed by atoms with Gasteiger partial charge in [-0.15, -0.1) is 11.3 Å². The number of pyridine rings is 1. The zero-order valence-electron chi connectivity index (χ0n) is 12.8. The standard InChI is InChI=1S/C21H13NOS/c1-2-4-14(5-3-1)19-13-16(8-10-22-19)15-6-7-20-18(12-15)17-9-11-24-21(17)23-20/h1-13H. The van der Waals surface area contributed by atoms with E-state index in [1.807, 2.05) is 24.4 Å². The average Bonchev–Trinajstić information content (AvgIpc) is 3.23. The maximum absolute atomic E-state index is 5.88. The quantitative estimate of drug-likeness (QED) is 0.376. The molecule has 0 atom stereocenters. The van der Waals surface area contributed by atoms with Crippen LogP contribution < -0.4 is 0 Å². The zero-order valence-corrected chi connectivity index (χ0v) is 13.6. The number of aromatic nitrogens is 1. The minimum absolute atomic E-state index is 0.943. The lowest BCUT2D eigenvalue weighted by Crippen LogP contribution is -1.85. The third-order valence-corrected chi connectivity index (χ3v) is 5.05. The van der Waals surface area contributed by atoms with E-state index < -0.39 is 0 Å². The van der Waals surface area contributed by atoms with Crippen molar-refractivity contribution in [2.45, 2.75) is 0 Å². The minimum Gasteiger partial charge on any atom is -0.445 e. The van der Waals surface area contributed by atoms with E-state index in [-0.39, 0.29) is 0 Å². The van der Waals surface area contributed by atoms with Crippen LogP contribution in [-0.2, 0) is 0 Å². The molecule has 5 aromatic rings. The lowest BCUT2D eigenvalue weighted by Gasteiger charge is -2.05. The number of thiophene rings is 1. The molecule has 0 spiro atoms. The summed E-state index contributed by atoms with van der Waals surface area (Å²) in [7, 11) is 0. The number of nitrogens with zero attached hydrogens (tertiary/aromatic N) is 1. The van der Waals surface area contributed by atoms with E-state index in [9.17, 15) is 0 Å². The van der Waals surface area contributed by atoms with Crippen molar-refractivity contribution in [1.82, 2.24) is 4.98 Å². The molecule has 3 heterocycles. The summed E-state index contributed by atoms with van der Waals surface area (Å²) in [4.78, 5) is 5.50. The molecule has 114 valence electrons. The number of fused-ring (bicyclic) bond motifs is 3. The van der Waals surface area contributed by atoms with Crippen molar-refractivity contribution < 1.29 is 4.42 Å². The third-order valence-electron chi connectivity index (χ3n) is 4.26.